The number of rotatable bonds is 2. The molecule has 0 saturated carbocycles. The second-order valence-corrected chi connectivity index (χ2v) is 5.32. The molecule has 0 spiro atoms. The Morgan fingerprint density at radius 3 is 2.52 bits per heavy atom. The average molecular weight is 291 g/mol. The van der Waals surface area contributed by atoms with Gasteiger partial charge in [-0.15, -0.1) is 0 Å². The van der Waals surface area contributed by atoms with Gasteiger partial charge in [0.05, 0.1) is 19.3 Å². The van der Waals surface area contributed by atoms with Gasteiger partial charge in [-0.2, -0.15) is 0 Å². The smallest absolute Gasteiger partial charge is 0.321 e. The number of hydrogen-bond donors (Lipinski definition) is 1. The standard InChI is InChI=1S/C15H21N3O3/c1-11-10-21-9-8-18(11)14(19)12-4-6-13(7-5-12)16-15(20)17(2)3/h4-7,11H,8-10H2,1-3H3,(H,16,20). The summed E-state index contributed by atoms with van der Waals surface area (Å²) in [6, 6.07) is 6.82. The molecular formula is C15H21N3O3. The Bertz CT molecular complexity index is 513. The van der Waals surface area contributed by atoms with E-state index in [0.29, 0.717) is 31.0 Å². The molecule has 6 nitrogen and oxygen atoms in total. The van der Waals surface area contributed by atoms with Crippen molar-refractivity contribution in [3.8, 4) is 0 Å². The number of carbonyl (C=O) groups is 2. The van der Waals surface area contributed by atoms with Crippen LogP contribution in [0.5, 0.6) is 0 Å². The van der Waals surface area contributed by atoms with E-state index in [4.69, 9.17) is 4.74 Å². The summed E-state index contributed by atoms with van der Waals surface area (Å²) in [5.41, 5.74) is 1.28. The van der Waals surface area contributed by atoms with Gasteiger partial charge in [-0.25, -0.2) is 4.79 Å². The van der Waals surface area contributed by atoms with Gasteiger partial charge in [-0.3, -0.25) is 4.79 Å². The van der Waals surface area contributed by atoms with Crippen molar-refractivity contribution in [2.24, 2.45) is 0 Å². The van der Waals surface area contributed by atoms with Crippen LogP contribution < -0.4 is 5.32 Å². The molecule has 1 unspecified atom stereocenters. The fourth-order valence-corrected chi connectivity index (χ4v) is 2.13. The Morgan fingerprint density at radius 2 is 1.95 bits per heavy atom. The van der Waals surface area contributed by atoms with Crippen molar-refractivity contribution in [1.29, 1.82) is 0 Å². The van der Waals surface area contributed by atoms with Crippen LogP contribution in [0, 0.1) is 0 Å². The highest BCUT2D eigenvalue weighted by Gasteiger charge is 2.24. The van der Waals surface area contributed by atoms with E-state index in [1.165, 1.54) is 4.90 Å². The minimum atomic E-state index is -0.198. The molecule has 1 saturated heterocycles. The zero-order valence-corrected chi connectivity index (χ0v) is 12.6. The van der Waals surface area contributed by atoms with E-state index in [0.717, 1.165) is 0 Å². The predicted molar refractivity (Wildman–Crippen MR) is 80.5 cm³/mol. The minimum absolute atomic E-state index is 0.00344. The first-order valence-electron chi connectivity index (χ1n) is 6.96. The first kappa shape index (κ1) is 15.3. The van der Waals surface area contributed by atoms with Gasteiger partial charge in [0.1, 0.15) is 0 Å². The highest BCUT2D eigenvalue weighted by atomic mass is 16.5. The fourth-order valence-electron chi connectivity index (χ4n) is 2.13. The fraction of sp³-hybridized carbons (Fsp3) is 0.467. The van der Waals surface area contributed by atoms with Gasteiger partial charge in [0, 0.05) is 31.9 Å². The number of urea groups is 1. The van der Waals surface area contributed by atoms with Crippen LogP contribution in [0.15, 0.2) is 24.3 Å². The van der Waals surface area contributed by atoms with E-state index in [2.05, 4.69) is 5.32 Å². The highest BCUT2D eigenvalue weighted by molar-refractivity contribution is 5.95. The molecule has 1 aliphatic rings. The van der Waals surface area contributed by atoms with Crippen molar-refractivity contribution in [3.63, 3.8) is 0 Å². The molecule has 1 aromatic rings. The number of nitrogens with one attached hydrogen (secondary N) is 1. The third-order valence-corrected chi connectivity index (χ3v) is 3.42. The molecular weight excluding hydrogens is 270 g/mol. The molecule has 1 N–H and O–H groups in total. The van der Waals surface area contributed by atoms with Gasteiger partial charge in [-0.05, 0) is 31.2 Å². The van der Waals surface area contributed by atoms with E-state index < -0.39 is 0 Å². The Labute approximate surface area is 124 Å². The van der Waals surface area contributed by atoms with Crippen LogP contribution in [0.3, 0.4) is 0 Å². The topological polar surface area (TPSA) is 61.9 Å². The first-order chi connectivity index (χ1) is 9.99. The molecule has 1 heterocycles. The summed E-state index contributed by atoms with van der Waals surface area (Å²) in [7, 11) is 3.35. The number of anilines is 1. The van der Waals surface area contributed by atoms with Crippen molar-refractivity contribution < 1.29 is 14.3 Å². The predicted octanol–water partition coefficient (Wildman–Crippen LogP) is 1.64. The van der Waals surface area contributed by atoms with Gasteiger partial charge < -0.3 is 19.9 Å². The molecule has 114 valence electrons. The van der Waals surface area contributed by atoms with E-state index in [9.17, 15) is 9.59 Å². The van der Waals surface area contributed by atoms with Crippen LogP contribution in [-0.2, 0) is 4.74 Å². The Kier molecular flexibility index (Phi) is 4.80. The molecule has 1 fully saturated rings. The molecule has 6 heteroatoms. The maximum Gasteiger partial charge on any atom is 0.321 e. The molecule has 0 bridgehead atoms. The van der Waals surface area contributed by atoms with Crippen LogP contribution in [0.4, 0.5) is 10.5 Å². The third-order valence-electron chi connectivity index (χ3n) is 3.42. The summed E-state index contributed by atoms with van der Waals surface area (Å²) in [5, 5.41) is 2.74. The number of carbonyl (C=O) groups excluding carboxylic acids is 2. The number of ether oxygens (including phenoxy) is 1. The van der Waals surface area contributed by atoms with Crippen molar-refractivity contribution in [2.75, 3.05) is 39.2 Å². The van der Waals surface area contributed by atoms with Crippen LogP contribution in [0.1, 0.15) is 17.3 Å². The quantitative estimate of drug-likeness (QED) is 0.901. The maximum absolute atomic E-state index is 12.4. The number of benzene rings is 1. The molecule has 1 aliphatic heterocycles. The highest BCUT2D eigenvalue weighted by Crippen LogP contribution is 2.15. The lowest BCUT2D eigenvalue weighted by Crippen LogP contribution is -2.47. The van der Waals surface area contributed by atoms with E-state index >= 15 is 0 Å². The molecule has 21 heavy (non-hydrogen) atoms. The van der Waals surface area contributed by atoms with Gasteiger partial charge in [-0.1, -0.05) is 0 Å². The molecule has 3 amide bonds. The summed E-state index contributed by atoms with van der Waals surface area (Å²) < 4.78 is 5.34. The van der Waals surface area contributed by atoms with Crippen molar-refractivity contribution in [3.05, 3.63) is 29.8 Å². The van der Waals surface area contributed by atoms with Crippen LogP contribution in [0.25, 0.3) is 0 Å². The summed E-state index contributed by atoms with van der Waals surface area (Å²) in [6.45, 7) is 3.73. The maximum atomic E-state index is 12.4. The van der Waals surface area contributed by atoms with E-state index in [-0.39, 0.29) is 18.0 Å². The monoisotopic (exact) mass is 291 g/mol. The zero-order chi connectivity index (χ0) is 15.4. The molecule has 2 rings (SSSR count). The van der Waals surface area contributed by atoms with Crippen molar-refractivity contribution >= 4 is 17.6 Å². The van der Waals surface area contributed by atoms with Gasteiger partial charge >= 0.3 is 6.03 Å². The van der Waals surface area contributed by atoms with Gasteiger partial charge in [0.25, 0.3) is 5.91 Å². The number of morpholine rings is 1. The number of amides is 3. The average Bonchev–Trinajstić information content (AvgIpc) is 2.47. The third kappa shape index (κ3) is 3.72. The largest absolute Gasteiger partial charge is 0.377 e. The molecule has 0 radical (unpaired) electrons. The minimum Gasteiger partial charge on any atom is -0.377 e. The molecule has 0 aromatic heterocycles. The first-order valence-corrected chi connectivity index (χ1v) is 6.96. The number of hydrogen-bond acceptors (Lipinski definition) is 3. The van der Waals surface area contributed by atoms with Gasteiger partial charge in [0.2, 0.25) is 0 Å². The van der Waals surface area contributed by atoms with Crippen LogP contribution >= 0.6 is 0 Å². The Morgan fingerprint density at radius 1 is 1.29 bits per heavy atom. The van der Waals surface area contributed by atoms with E-state index in [1.54, 1.807) is 38.4 Å². The molecule has 1 aromatic carbocycles. The molecule has 0 aliphatic carbocycles. The number of nitrogens with zero attached hydrogens (tertiary/aromatic N) is 2. The lowest BCUT2D eigenvalue weighted by molar-refractivity contribution is 0.00359. The second-order valence-electron chi connectivity index (χ2n) is 5.32. The summed E-state index contributed by atoms with van der Waals surface area (Å²) in [4.78, 5) is 27.2. The lowest BCUT2D eigenvalue weighted by Gasteiger charge is -2.33. The van der Waals surface area contributed by atoms with Gasteiger partial charge in [0.15, 0.2) is 0 Å². The summed E-state index contributed by atoms with van der Waals surface area (Å²) in [5.74, 6) is -0.00344. The van der Waals surface area contributed by atoms with Crippen molar-refractivity contribution in [2.45, 2.75) is 13.0 Å². The molecule has 1 atom stereocenters. The zero-order valence-electron chi connectivity index (χ0n) is 12.6. The normalized spacial score (nSPS) is 18.2. The SMILES string of the molecule is CC1COCCN1C(=O)c1ccc(NC(=O)N(C)C)cc1. The lowest BCUT2D eigenvalue weighted by atomic mass is 10.1. The summed E-state index contributed by atoms with van der Waals surface area (Å²) >= 11 is 0. The van der Waals surface area contributed by atoms with Crippen LogP contribution in [-0.4, -0.2) is 61.6 Å². The van der Waals surface area contributed by atoms with Crippen molar-refractivity contribution in [1.82, 2.24) is 9.80 Å². The Hall–Kier alpha value is -2.08. The summed E-state index contributed by atoms with van der Waals surface area (Å²) in [6.07, 6.45) is 0. The van der Waals surface area contributed by atoms with Crippen LogP contribution in [0.2, 0.25) is 0 Å². The Balaban J connectivity index is 2.04. The van der Waals surface area contributed by atoms with E-state index in [1.807, 2.05) is 11.8 Å². The second kappa shape index (κ2) is 6.58.